The van der Waals surface area contributed by atoms with Gasteiger partial charge in [0.15, 0.2) is 0 Å². The van der Waals surface area contributed by atoms with Crippen molar-refractivity contribution in [2.45, 2.75) is 47.5 Å². The first kappa shape index (κ1) is 38.6. The smallest absolute Gasteiger partial charge is 0.333 e. The van der Waals surface area contributed by atoms with Crippen molar-refractivity contribution in [1.82, 2.24) is 0 Å². The Hall–Kier alpha value is -3.68. The van der Waals surface area contributed by atoms with Crippen molar-refractivity contribution in [3.05, 3.63) is 74.4 Å². The highest BCUT2D eigenvalue weighted by Gasteiger charge is 2.05. The molecule has 0 N–H and O–H groups in total. The minimum Gasteiger partial charge on any atom is -0.462 e. The SMILES string of the molecule is C=C.C=C(C)C(=O)OCCCC.C=C(C)C(=O)OCCOC(=O)C(=C)C.C=CCOC(=O)C(=C)C. The molecule has 198 valence electrons. The van der Waals surface area contributed by atoms with Crippen molar-refractivity contribution in [3.8, 4) is 0 Å². The molecular weight excluding hydrogens is 452 g/mol. The largest absolute Gasteiger partial charge is 0.462 e. The molecule has 0 aromatic rings. The molecule has 0 saturated carbocycles. The van der Waals surface area contributed by atoms with Crippen molar-refractivity contribution in [1.29, 1.82) is 0 Å². The molecule has 0 unspecified atom stereocenters. The summed E-state index contributed by atoms with van der Waals surface area (Å²) in [6.07, 6.45) is 3.49. The molecule has 0 fully saturated rings. The molecule has 0 saturated heterocycles. The Morgan fingerprint density at radius 3 is 1.14 bits per heavy atom. The maximum atomic E-state index is 10.8. The molecule has 35 heavy (non-hydrogen) atoms. The molecule has 0 heterocycles. The summed E-state index contributed by atoms with van der Waals surface area (Å²) in [6.45, 7) is 32.3. The summed E-state index contributed by atoms with van der Waals surface area (Å²) in [7, 11) is 0. The number of hydrogen-bond acceptors (Lipinski definition) is 8. The quantitative estimate of drug-likeness (QED) is 0.119. The van der Waals surface area contributed by atoms with E-state index in [1.165, 1.54) is 6.08 Å². The van der Waals surface area contributed by atoms with Crippen LogP contribution in [0.25, 0.3) is 0 Å². The first-order valence-electron chi connectivity index (χ1n) is 10.7. The first-order valence-corrected chi connectivity index (χ1v) is 10.7. The third-order valence-corrected chi connectivity index (χ3v) is 3.01. The van der Waals surface area contributed by atoms with Gasteiger partial charge in [0.1, 0.15) is 19.8 Å². The lowest BCUT2D eigenvalue weighted by Gasteiger charge is -2.05. The van der Waals surface area contributed by atoms with E-state index in [0.717, 1.165) is 12.8 Å². The molecule has 8 nitrogen and oxygen atoms in total. The van der Waals surface area contributed by atoms with Crippen LogP contribution in [0, 0.1) is 0 Å². The highest BCUT2D eigenvalue weighted by atomic mass is 16.6. The van der Waals surface area contributed by atoms with Crippen LogP contribution in [0.15, 0.2) is 74.4 Å². The monoisotopic (exact) mass is 494 g/mol. The predicted octanol–water partition coefficient (Wildman–Crippen LogP) is 5.22. The molecule has 0 aliphatic rings. The molecular formula is C27H42O8. The van der Waals surface area contributed by atoms with E-state index in [1.807, 2.05) is 0 Å². The maximum absolute atomic E-state index is 10.8. The van der Waals surface area contributed by atoms with Crippen LogP contribution >= 0.6 is 0 Å². The topological polar surface area (TPSA) is 105 Å². The van der Waals surface area contributed by atoms with Crippen molar-refractivity contribution >= 4 is 23.9 Å². The summed E-state index contributed by atoms with van der Waals surface area (Å²) >= 11 is 0. The number of esters is 4. The van der Waals surface area contributed by atoms with E-state index in [2.05, 4.69) is 67.2 Å². The Balaban J connectivity index is -0.000000204. The fourth-order valence-electron chi connectivity index (χ4n) is 1.21. The van der Waals surface area contributed by atoms with E-state index < -0.39 is 11.9 Å². The first-order chi connectivity index (χ1) is 16.3. The van der Waals surface area contributed by atoms with Crippen LogP contribution in [-0.4, -0.2) is 50.3 Å². The summed E-state index contributed by atoms with van der Waals surface area (Å²) in [5, 5.41) is 0. The van der Waals surface area contributed by atoms with E-state index in [4.69, 9.17) is 4.74 Å². The number of hydrogen-bond donors (Lipinski definition) is 0. The van der Waals surface area contributed by atoms with Gasteiger partial charge in [-0.05, 0) is 34.1 Å². The third-order valence-electron chi connectivity index (χ3n) is 3.01. The molecule has 0 aromatic heterocycles. The highest BCUT2D eigenvalue weighted by Crippen LogP contribution is 1.95. The lowest BCUT2D eigenvalue weighted by atomic mass is 10.3. The molecule has 0 aliphatic heterocycles. The summed E-state index contributed by atoms with van der Waals surface area (Å²) in [6, 6.07) is 0. The van der Waals surface area contributed by atoms with Crippen molar-refractivity contribution < 1.29 is 38.1 Å². The minimum atomic E-state index is -0.489. The standard InChI is InChI=1S/C10H14O4.C8H14O2.C7H10O2.C2H4/c1-7(2)9(11)13-5-6-14-10(12)8(3)4;1-4-5-6-10-8(9)7(2)3;1-4-5-9-7(8)6(2)3;1-2/h1,3,5-6H2,2,4H3;2,4-6H2,1,3H3;4H,1-2,5H2,3H3;1-2H2. The number of carbonyl (C=O) groups excluding carboxylic acids is 4. The Bertz CT molecular complexity index is 703. The van der Waals surface area contributed by atoms with Crippen LogP contribution in [-0.2, 0) is 38.1 Å². The molecule has 8 heteroatoms. The van der Waals surface area contributed by atoms with E-state index in [1.54, 1.807) is 27.7 Å². The van der Waals surface area contributed by atoms with Gasteiger partial charge in [-0.15, -0.1) is 13.2 Å². The number of unbranched alkanes of at least 4 members (excludes halogenated alkanes) is 1. The van der Waals surface area contributed by atoms with Gasteiger partial charge in [-0.2, -0.15) is 0 Å². The zero-order chi connectivity index (χ0) is 28.4. The zero-order valence-corrected chi connectivity index (χ0v) is 22.0. The van der Waals surface area contributed by atoms with Gasteiger partial charge >= 0.3 is 23.9 Å². The van der Waals surface area contributed by atoms with Crippen molar-refractivity contribution in [2.75, 3.05) is 26.4 Å². The second-order valence-electron chi connectivity index (χ2n) is 6.77. The average molecular weight is 495 g/mol. The molecule has 0 atom stereocenters. The third kappa shape index (κ3) is 30.3. The zero-order valence-electron chi connectivity index (χ0n) is 22.0. The van der Waals surface area contributed by atoms with Crippen LogP contribution < -0.4 is 0 Å². The van der Waals surface area contributed by atoms with Gasteiger partial charge in [0.25, 0.3) is 0 Å². The highest BCUT2D eigenvalue weighted by molar-refractivity contribution is 5.88. The second kappa shape index (κ2) is 26.6. The van der Waals surface area contributed by atoms with E-state index in [0.29, 0.717) is 28.9 Å². The van der Waals surface area contributed by atoms with E-state index in [9.17, 15) is 19.2 Å². The van der Waals surface area contributed by atoms with Crippen LogP contribution in [0.2, 0.25) is 0 Å². The predicted molar refractivity (Wildman–Crippen MR) is 139 cm³/mol. The van der Waals surface area contributed by atoms with E-state index >= 15 is 0 Å². The second-order valence-corrected chi connectivity index (χ2v) is 6.77. The van der Waals surface area contributed by atoms with Gasteiger partial charge in [-0.25, -0.2) is 19.2 Å². The summed E-state index contributed by atoms with van der Waals surface area (Å²) < 4.78 is 18.8. The fraction of sp³-hybridized carbons (Fsp3) is 0.407. The molecule has 0 rings (SSSR count). The van der Waals surface area contributed by atoms with Crippen LogP contribution in [0.3, 0.4) is 0 Å². The molecule has 0 aliphatic carbocycles. The van der Waals surface area contributed by atoms with E-state index in [-0.39, 0.29) is 31.8 Å². The molecule has 0 radical (unpaired) electrons. The number of ether oxygens (including phenoxy) is 4. The summed E-state index contributed by atoms with van der Waals surface area (Å²) in [4.78, 5) is 42.9. The van der Waals surface area contributed by atoms with Crippen molar-refractivity contribution in [3.63, 3.8) is 0 Å². The number of rotatable bonds is 12. The van der Waals surface area contributed by atoms with Gasteiger partial charge in [0, 0.05) is 22.3 Å². The van der Waals surface area contributed by atoms with Gasteiger partial charge in [0.05, 0.1) is 6.61 Å². The Kier molecular flexibility index (Phi) is 29.3. The minimum absolute atomic E-state index is 0.0325. The summed E-state index contributed by atoms with van der Waals surface area (Å²) in [5.74, 6) is -1.63. The average Bonchev–Trinajstić information content (AvgIpc) is 2.81. The Morgan fingerprint density at radius 2 is 0.886 bits per heavy atom. The number of carbonyl (C=O) groups is 4. The maximum Gasteiger partial charge on any atom is 0.333 e. The molecule has 0 aromatic carbocycles. The summed E-state index contributed by atoms with van der Waals surface area (Å²) in [5.41, 5.74) is 1.51. The van der Waals surface area contributed by atoms with Gasteiger partial charge in [0.2, 0.25) is 0 Å². The Labute approximate surface area is 210 Å². The van der Waals surface area contributed by atoms with Crippen LogP contribution in [0.5, 0.6) is 0 Å². The van der Waals surface area contributed by atoms with Crippen molar-refractivity contribution in [2.24, 2.45) is 0 Å². The van der Waals surface area contributed by atoms with Gasteiger partial charge < -0.3 is 18.9 Å². The van der Waals surface area contributed by atoms with Gasteiger partial charge in [-0.1, -0.05) is 52.3 Å². The normalized spacial score (nSPS) is 8.37. The van der Waals surface area contributed by atoms with Crippen LogP contribution in [0.4, 0.5) is 0 Å². The fourth-order valence-corrected chi connectivity index (χ4v) is 1.21. The lowest BCUT2D eigenvalue weighted by molar-refractivity contribution is -0.147. The molecule has 0 amide bonds. The van der Waals surface area contributed by atoms with Gasteiger partial charge in [-0.3, -0.25) is 0 Å². The molecule has 0 spiro atoms. The van der Waals surface area contributed by atoms with Crippen LogP contribution in [0.1, 0.15) is 47.5 Å². The Morgan fingerprint density at radius 1 is 0.600 bits per heavy atom. The molecule has 0 bridgehead atoms. The lowest BCUT2D eigenvalue weighted by Crippen LogP contribution is -2.14.